The number of alkyl halides is 2. The monoisotopic (exact) mass is 415 g/mol. The van der Waals surface area contributed by atoms with Gasteiger partial charge in [-0.2, -0.15) is 9.97 Å². The number of methoxy groups -OCH3 is 2. The fraction of sp³-hybridized carbons (Fsp3) is 0.312. The van der Waals surface area contributed by atoms with Gasteiger partial charge in [0.25, 0.3) is 0 Å². The lowest BCUT2D eigenvalue weighted by Crippen LogP contribution is -2.12. The Bertz CT molecular complexity index is 1210. The van der Waals surface area contributed by atoms with Gasteiger partial charge in [0.15, 0.2) is 0 Å². The van der Waals surface area contributed by atoms with Crippen molar-refractivity contribution >= 4 is 21.1 Å². The predicted molar refractivity (Wildman–Crippen MR) is 95.6 cm³/mol. The van der Waals surface area contributed by atoms with Crippen LogP contribution in [0.25, 0.3) is 17.0 Å². The largest absolute Gasteiger partial charge is 0.481 e. The number of hydrogen-bond acceptors (Lipinski definition) is 7. The maximum Gasteiger partial charge on any atom is 0.243 e. The molecule has 0 spiro atoms. The highest BCUT2D eigenvalue weighted by molar-refractivity contribution is 7.89. The summed E-state index contributed by atoms with van der Waals surface area (Å²) in [5.41, 5.74) is -0.00123. The van der Waals surface area contributed by atoms with E-state index < -0.39 is 40.1 Å². The molecule has 0 fully saturated rings. The second kappa shape index (κ2) is 7.28. The van der Waals surface area contributed by atoms with Gasteiger partial charge >= 0.3 is 0 Å². The van der Waals surface area contributed by atoms with Gasteiger partial charge in [0, 0.05) is 26.4 Å². The van der Waals surface area contributed by atoms with Gasteiger partial charge in [-0.25, -0.2) is 27.3 Å². The normalized spacial score (nSPS) is 13.5. The van der Waals surface area contributed by atoms with E-state index >= 15 is 0 Å². The van der Waals surface area contributed by atoms with Crippen LogP contribution in [0.5, 0.6) is 11.8 Å². The maximum atomic E-state index is 13.3. The fourth-order valence-electron chi connectivity index (χ4n) is 2.59. The number of aromatic nitrogens is 4. The van der Waals surface area contributed by atoms with E-state index in [1.54, 1.807) is 13.0 Å². The van der Waals surface area contributed by atoms with E-state index in [1.807, 2.05) is 0 Å². The average molecular weight is 415 g/mol. The minimum atomic E-state index is -4.14. The third-order valence-corrected chi connectivity index (χ3v) is 4.69. The van der Waals surface area contributed by atoms with Gasteiger partial charge in [0.05, 0.1) is 19.8 Å². The summed E-state index contributed by atoms with van der Waals surface area (Å²) in [4.78, 5) is 12.0. The van der Waals surface area contributed by atoms with E-state index in [1.165, 1.54) is 10.6 Å². The highest BCUT2D eigenvalue weighted by Gasteiger charge is 2.24. The number of fused-ring (bicyclic) bond motifs is 1. The summed E-state index contributed by atoms with van der Waals surface area (Å²) in [5, 5.41) is 5.48. The Hall–Kier alpha value is -2.86. The molecule has 0 saturated carbocycles. The quantitative estimate of drug-likeness (QED) is 0.649. The molecule has 0 atom stereocenters. The predicted octanol–water partition coefficient (Wildman–Crippen LogP) is 1.60. The van der Waals surface area contributed by atoms with E-state index in [0.717, 1.165) is 20.4 Å². The minimum absolute atomic E-state index is 0.132. The summed E-state index contributed by atoms with van der Waals surface area (Å²) < 4.78 is 77.2. The van der Waals surface area contributed by atoms with Crippen molar-refractivity contribution in [3.05, 3.63) is 29.6 Å². The van der Waals surface area contributed by atoms with E-state index in [-0.39, 0.29) is 21.9 Å². The first-order valence-electron chi connectivity index (χ1n) is 8.72. The second-order valence-corrected chi connectivity index (χ2v) is 7.12. The zero-order valence-electron chi connectivity index (χ0n) is 17.0. The molecule has 0 aromatic carbocycles. The van der Waals surface area contributed by atoms with Crippen molar-refractivity contribution in [2.24, 2.45) is 5.14 Å². The molecule has 3 heterocycles. The number of sulfonamides is 1. The highest BCUT2D eigenvalue weighted by atomic mass is 32.2. The maximum absolute atomic E-state index is 13.3. The molecule has 2 N–H and O–H groups in total. The number of halogens is 2. The first-order valence-corrected chi connectivity index (χ1v) is 9.27. The van der Waals surface area contributed by atoms with E-state index in [9.17, 15) is 17.2 Å². The third-order valence-electron chi connectivity index (χ3n) is 3.75. The summed E-state index contributed by atoms with van der Waals surface area (Å²) in [6, 6.07) is 3.09. The first kappa shape index (κ1) is 17.3. The highest BCUT2D eigenvalue weighted by Crippen LogP contribution is 2.31. The zero-order valence-corrected chi connectivity index (χ0v) is 15.8. The van der Waals surface area contributed by atoms with Gasteiger partial charge in [-0.15, -0.1) is 0 Å². The van der Waals surface area contributed by atoms with Crippen LogP contribution in [0, 0.1) is 6.92 Å². The van der Waals surface area contributed by atoms with Crippen molar-refractivity contribution in [3.63, 3.8) is 0 Å². The molecule has 0 aliphatic carbocycles. The molecule has 9 nitrogen and oxygen atoms in total. The summed E-state index contributed by atoms with van der Waals surface area (Å²) in [5.74, 6) is -1.25. The standard InChI is InChI=1S/C16H17F2N5O4S/c1-8-4-5-9-11(28(19,24)25)7-23(13(9)20-8)16-21-14(26-2)10(6-12(17)18)15(22-16)27-3/h4-5,7,12H,6H2,1-3H3,(H2,19,24,25)/i6D2. The summed E-state index contributed by atoms with van der Waals surface area (Å²) in [7, 11) is -1.91. The number of aryl methyl sites for hydroxylation is 1. The van der Waals surface area contributed by atoms with Crippen LogP contribution in [-0.4, -0.2) is 48.6 Å². The lowest BCUT2D eigenvalue weighted by atomic mass is 10.2. The molecule has 3 aromatic rings. The smallest absolute Gasteiger partial charge is 0.243 e. The van der Waals surface area contributed by atoms with Crippen molar-refractivity contribution < 1.29 is 29.4 Å². The van der Waals surface area contributed by atoms with Crippen molar-refractivity contribution in [3.8, 4) is 17.7 Å². The molecule has 0 aliphatic rings. The summed E-state index contributed by atoms with van der Waals surface area (Å²) >= 11 is 0. The van der Waals surface area contributed by atoms with E-state index in [0.29, 0.717) is 5.69 Å². The molecule has 0 bridgehead atoms. The topological polar surface area (TPSA) is 122 Å². The third kappa shape index (κ3) is 3.60. The number of ether oxygens (including phenoxy) is 2. The molecule has 150 valence electrons. The fourth-order valence-corrected chi connectivity index (χ4v) is 3.31. The number of nitrogens with two attached hydrogens (primary N) is 1. The Balaban J connectivity index is 2.38. The molecule has 0 aliphatic heterocycles. The van der Waals surface area contributed by atoms with E-state index in [2.05, 4.69) is 15.0 Å². The van der Waals surface area contributed by atoms with Gasteiger partial charge < -0.3 is 9.47 Å². The van der Waals surface area contributed by atoms with Crippen LogP contribution in [0.3, 0.4) is 0 Å². The van der Waals surface area contributed by atoms with Crippen LogP contribution in [-0.2, 0) is 16.4 Å². The Labute approximate surface area is 162 Å². The van der Waals surface area contributed by atoms with Crippen LogP contribution in [0.4, 0.5) is 8.78 Å². The first-order chi connectivity index (χ1) is 13.9. The lowest BCUT2D eigenvalue weighted by Gasteiger charge is -2.13. The van der Waals surface area contributed by atoms with Crippen LogP contribution in [0.15, 0.2) is 23.2 Å². The lowest BCUT2D eigenvalue weighted by molar-refractivity contribution is 0.146. The van der Waals surface area contributed by atoms with Crippen LogP contribution >= 0.6 is 0 Å². The Kier molecular flexibility index (Phi) is 4.49. The minimum Gasteiger partial charge on any atom is -0.481 e. The summed E-state index contributed by atoms with van der Waals surface area (Å²) in [6.45, 7) is 1.68. The van der Waals surface area contributed by atoms with Crippen LogP contribution in [0.1, 0.15) is 14.0 Å². The number of primary sulfonamides is 1. The van der Waals surface area contributed by atoms with Gasteiger partial charge in [-0.05, 0) is 19.1 Å². The van der Waals surface area contributed by atoms with Gasteiger partial charge in [0.2, 0.25) is 34.2 Å². The molecule has 3 aromatic heterocycles. The Morgan fingerprint density at radius 1 is 1.21 bits per heavy atom. The van der Waals surface area contributed by atoms with Crippen molar-refractivity contribution in [2.75, 3.05) is 14.2 Å². The number of pyridine rings is 1. The average Bonchev–Trinajstić information content (AvgIpc) is 3.05. The van der Waals surface area contributed by atoms with Gasteiger partial charge in [0.1, 0.15) is 10.5 Å². The number of hydrogen-bond donors (Lipinski definition) is 1. The van der Waals surface area contributed by atoms with Crippen molar-refractivity contribution in [1.29, 1.82) is 0 Å². The van der Waals surface area contributed by atoms with Crippen molar-refractivity contribution in [1.82, 2.24) is 19.5 Å². The number of nitrogens with zero attached hydrogens (tertiary/aromatic N) is 4. The molecular weight excluding hydrogens is 396 g/mol. The molecule has 12 heteroatoms. The number of rotatable bonds is 6. The molecule has 0 amide bonds. The Morgan fingerprint density at radius 3 is 2.32 bits per heavy atom. The summed E-state index contributed by atoms with van der Waals surface area (Å²) in [6.07, 6.45) is -5.46. The second-order valence-electron chi connectivity index (χ2n) is 5.59. The SMILES string of the molecule is [2H]C([2H])(c1c(OC)nc(-n2cc(S(N)(=O)=O)c3ccc(C)nc32)nc1OC)C(F)F. The van der Waals surface area contributed by atoms with Crippen molar-refractivity contribution in [2.45, 2.75) is 24.6 Å². The zero-order chi connectivity index (χ0) is 22.4. The Morgan fingerprint density at radius 2 is 1.82 bits per heavy atom. The molecule has 3 rings (SSSR count). The molecule has 0 radical (unpaired) electrons. The molecule has 0 saturated heterocycles. The van der Waals surface area contributed by atoms with Gasteiger partial charge in [-0.3, -0.25) is 4.57 Å². The van der Waals surface area contributed by atoms with Crippen LogP contribution < -0.4 is 14.6 Å². The van der Waals surface area contributed by atoms with E-state index in [4.69, 9.17) is 17.4 Å². The molecule has 0 unspecified atom stereocenters. The molecule has 28 heavy (non-hydrogen) atoms. The van der Waals surface area contributed by atoms with Gasteiger partial charge in [-0.1, -0.05) is 0 Å². The molecular formula is C16H17F2N5O4S. The van der Waals surface area contributed by atoms with Crippen LogP contribution in [0.2, 0.25) is 0 Å².